The van der Waals surface area contributed by atoms with Crippen molar-refractivity contribution in [3.05, 3.63) is 34.6 Å². The fraction of sp³-hybridized carbons (Fsp3) is 0.462. The van der Waals surface area contributed by atoms with Gasteiger partial charge in [-0.2, -0.15) is 0 Å². The van der Waals surface area contributed by atoms with Crippen LogP contribution in [0, 0.1) is 11.2 Å². The van der Waals surface area contributed by atoms with E-state index in [1.807, 2.05) is 0 Å². The number of carbonyl (C=O) groups is 1. The summed E-state index contributed by atoms with van der Waals surface area (Å²) in [5, 5.41) is 9.65. The van der Waals surface area contributed by atoms with E-state index < -0.39 is 17.2 Å². The molecule has 3 nitrogen and oxygen atoms in total. The van der Waals surface area contributed by atoms with Crippen molar-refractivity contribution < 1.29 is 19.0 Å². The third kappa shape index (κ3) is 2.49. The summed E-state index contributed by atoms with van der Waals surface area (Å²) in [4.78, 5) is 11.5. The topological polar surface area (TPSA) is 46.5 Å². The van der Waals surface area contributed by atoms with Gasteiger partial charge in [0.1, 0.15) is 5.82 Å². The predicted molar refractivity (Wildman–Crippen MR) is 65.2 cm³/mol. The highest BCUT2D eigenvalue weighted by atomic mass is 35.5. The lowest BCUT2D eigenvalue weighted by Gasteiger charge is -2.33. The van der Waals surface area contributed by atoms with E-state index in [9.17, 15) is 14.3 Å². The number of carboxylic acid groups (broad SMARTS) is 1. The highest BCUT2D eigenvalue weighted by Gasteiger charge is 2.41. The van der Waals surface area contributed by atoms with Gasteiger partial charge < -0.3 is 9.84 Å². The van der Waals surface area contributed by atoms with Crippen LogP contribution in [0.1, 0.15) is 18.4 Å². The van der Waals surface area contributed by atoms with Crippen LogP contribution in [0.5, 0.6) is 0 Å². The molecule has 0 aromatic heterocycles. The molecule has 1 saturated heterocycles. The van der Waals surface area contributed by atoms with Crippen LogP contribution in [0.2, 0.25) is 5.02 Å². The molecule has 1 heterocycles. The van der Waals surface area contributed by atoms with Gasteiger partial charge in [-0.1, -0.05) is 17.7 Å². The molecule has 1 unspecified atom stereocenters. The molecular weight excluding hydrogens is 259 g/mol. The minimum absolute atomic E-state index is 0.0633. The van der Waals surface area contributed by atoms with Gasteiger partial charge >= 0.3 is 5.97 Å². The number of halogens is 2. The fourth-order valence-corrected chi connectivity index (χ4v) is 2.51. The molecule has 0 radical (unpaired) electrons. The third-order valence-corrected chi connectivity index (χ3v) is 3.71. The van der Waals surface area contributed by atoms with E-state index in [1.54, 1.807) is 6.07 Å². The first kappa shape index (κ1) is 13.3. The molecule has 1 atom stereocenters. The molecule has 0 aliphatic carbocycles. The number of hydrogen-bond acceptors (Lipinski definition) is 2. The van der Waals surface area contributed by atoms with Gasteiger partial charge in [-0.3, -0.25) is 4.79 Å². The van der Waals surface area contributed by atoms with Crippen molar-refractivity contribution in [2.24, 2.45) is 5.41 Å². The highest BCUT2D eigenvalue weighted by molar-refractivity contribution is 6.31. The van der Waals surface area contributed by atoms with Crippen molar-refractivity contribution in [3.8, 4) is 0 Å². The Morgan fingerprint density at radius 1 is 1.56 bits per heavy atom. The van der Waals surface area contributed by atoms with E-state index >= 15 is 0 Å². The van der Waals surface area contributed by atoms with E-state index in [2.05, 4.69) is 0 Å². The van der Waals surface area contributed by atoms with Gasteiger partial charge in [0.05, 0.1) is 12.0 Å². The fourth-order valence-electron chi connectivity index (χ4n) is 2.28. The lowest BCUT2D eigenvalue weighted by atomic mass is 9.77. The molecule has 1 aromatic carbocycles. The summed E-state index contributed by atoms with van der Waals surface area (Å²) in [7, 11) is 0. The highest BCUT2D eigenvalue weighted by Crippen LogP contribution is 2.35. The van der Waals surface area contributed by atoms with E-state index in [4.69, 9.17) is 16.3 Å². The van der Waals surface area contributed by atoms with Crippen LogP contribution >= 0.6 is 11.6 Å². The van der Waals surface area contributed by atoms with Crippen LogP contribution < -0.4 is 0 Å². The van der Waals surface area contributed by atoms with Crippen LogP contribution in [0.4, 0.5) is 4.39 Å². The maximum absolute atomic E-state index is 13.7. The van der Waals surface area contributed by atoms with E-state index in [0.717, 1.165) is 0 Å². The Morgan fingerprint density at radius 2 is 2.33 bits per heavy atom. The van der Waals surface area contributed by atoms with Gasteiger partial charge in [0.2, 0.25) is 0 Å². The summed E-state index contributed by atoms with van der Waals surface area (Å²) in [6.45, 7) is 0.660. The second-order valence-corrected chi connectivity index (χ2v) is 5.03. The molecule has 1 N–H and O–H groups in total. The molecule has 5 heteroatoms. The number of benzene rings is 1. The van der Waals surface area contributed by atoms with Gasteiger partial charge in [-0.05, 0) is 31.4 Å². The largest absolute Gasteiger partial charge is 0.481 e. The van der Waals surface area contributed by atoms with Crippen LogP contribution in [0.25, 0.3) is 0 Å². The first-order chi connectivity index (χ1) is 8.55. The number of hydrogen-bond donors (Lipinski definition) is 1. The molecule has 98 valence electrons. The first-order valence-corrected chi connectivity index (χ1v) is 6.17. The molecule has 0 spiro atoms. The number of aliphatic carboxylic acids is 1. The molecule has 2 rings (SSSR count). The SMILES string of the molecule is O=C(O)C1(Cc2c(F)cccc2Cl)CCCOC1. The maximum atomic E-state index is 13.7. The van der Waals surface area contributed by atoms with Gasteiger partial charge in [0, 0.05) is 17.2 Å². The normalized spacial score (nSPS) is 23.9. The van der Waals surface area contributed by atoms with Crippen molar-refractivity contribution in [1.82, 2.24) is 0 Å². The zero-order chi connectivity index (χ0) is 13.2. The quantitative estimate of drug-likeness (QED) is 0.920. The predicted octanol–water partition coefficient (Wildman–Crippen LogP) is 2.90. The van der Waals surface area contributed by atoms with Gasteiger partial charge in [0.25, 0.3) is 0 Å². The Labute approximate surface area is 110 Å². The van der Waals surface area contributed by atoms with Crippen molar-refractivity contribution >= 4 is 17.6 Å². The zero-order valence-electron chi connectivity index (χ0n) is 9.79. The molecule has 18 heavy (non-hydrogen) atoms. The van der Waals surface area contributed by atoms with Gasteiger partial charge in [-0.25, -0.2) is 4.39 Å². The van der Waals surface area contributed by atoms with Crippen molar-refractivity contribution in [2.45, 2.75) is 19.3 Å². The summed E-state index contributed by atoms with van der Waals surface area (Å²) >= 11 is 5.94. The molecule has 1 aliphatic rings. The average molecular weight is 273 g/mol. The summed E-state index contributed by atoms with van der Waals surface area (Å²) in [5.41, 5.74) is -0.809. The lowest BCUT2D eigenvalue weighted by molar-refractivity contribution is -0.157. The van der Waals surface area contributed by atoms with Crippen molar-refractivity contribution in [1.29, 1.82) is 0 Å². The number of carboxylic acids is 1. The molecule has 0 bridgehead atoms. The Morgan fingerprint density at radius 3 is 2.89 bits per heavy atom. The number of ether oxygens (including phenoxy) is 1. The van der Waals surface area contributed by atoms with Crippen LogP contribution in [0.15, 0.2) is 18.2 Å². The first-order valence-electron chi connectivity index (χ1n) is 5.79. The summed E-state index contributed by atoms with van der Waals surface area (Å²) in [6, 6.07) is 4.37. The summed E-state index contributed by atoms with van der Waals surface area (Å²) < 4.78 is 19.0. The molecule has 1 fully saturated rings. The summed E-state index contributed by atoms with van der Waals surface area (Å²) in [6.07, 6.45) is 1.21. The Bertz CT molecular complexity index is 435. The molecule has 0 amide bonds. The van der Waals surface area contributed by atoms with Crippen molar-refractivity contribution in [2.75, 3.05) is 13.2 Å². The third-order valence-electron chi connectivity index (χ3n) is 3.35. The molecule has 1 aliphatic heterocycles. The molecule has 0 saturated carbocycles. The second-order valence-electron chi connectivity index (χ2n) is 4.62. The Hall–Kier alpha value is -1.13. The van der Waals surface area contributed by atoms with Crippen LogP contribution in [-0.4, -0.2) is 24.3 Å². The average Bonchev–Trinajstić information content (AvgIpc) is 2.35. The van der Waals surface area contributed by atoms with Gasteiger partial charge in [-0.15, -0.1) is 0 Å². The lowest BCUT2D eigenvalue weighted by Crippen LogP contribution is -2.41. The monoisotopic (exact) mass is 272 g/mol. The Kier molecular flexibility index (Phi) is 3.88. The maximum Gasteiger partial charge on any atom is 0.312 e. The zero-order valence-corrected chi connectivity index (χ0v) is 10.5. The Balaban J connectivity index is 2.32. The second kappa shape index (κ2) is 5.24. The summed E-state index contributed by atoms with van der Waals surface area (Å²) in [5.74, 6) is -1.42. The van der Waals surface area contributed by atoms with Crippen LogP contribution in [0.3, 0.4) is 0 Å². The smallest absolute Gasteiger partial charge is 0.312 e. The van der Waals surface area contributed by atoms with Crippen molar-refractivity contribution in [3.63, 3.8) is 0 Å². The standard InChI is InChI=1S/C13H14ClFO3/c14-10-3-1-4-11(15)9(10)7-13(12(16)17)5-2-6-18-8-13/h1,3-4H,2,5-8H2,(H,16,17). The number of rotatable bonds is 3. The van der Waals surface area contributed by atoms with E-state index in [1.165, 1.54) is 12.1 Å². The molecular formula is C13H14ClFO3. The minimum Gasteiger partial charge on any atom is -0.481 e. The molecule has 1 aromatic rings. The van der Waals surface area contributed by atoms with Crippen LogP contribution in [-0.2, 0) is 16.0 Å². The minimum atomic E-state index is -1.07. The van der Waals surface area contributed by atoms with E-state index in [-0.39, 0.29) is 23.6 Å². The van der Waals surface area contributed by atoms with Gasteiger partial charge in [0.15, 0.2) is 0 Å². The van der Waals surface area contributed by atoms with E-state index in [0.29, 0.717) is 19.4 Å².